The summed E-state index contributed by atoms with van der Waals surface area (Å²) in [5, 5.41) is 5.56. The van der Waals surface area contributed by atoms with Crippen molar-refractivity contribution in [2.75, 3.05) is 11.9 Å². The Morgan fingerprint density at radius 1 is 1.00 bits per heavy atom. The molecule has 1 aromatic heterocycles. The van der Waals surface area contributed by atoms with Gasteiger partial charge in [-0.3, -0.25) is 14.6 Å². The van der Waals surface area contributed by atoms with E-state index >= 15 is 0 Å². The molecule has 0 saturated heterocycles. The van der Waals surface area contributed by atoms with Crippen molar-refractivity contribution in [3.63, 3.8) is 0 Å². The molecule has 6 heteroatoms. The van der Waals surface area contributed by atoms with Gasteiger partial charge in [-0.1, -0.05) is 35.9 Å². The molecule has 0 aliphatic rings. The van der Waals surface area contributed by atoms with E-state index in [9.17, 15) is 9.59 Å². The van der Waals surface area contributed by atoms with Crippen LogP contribution in [0.3, 0.4) is 0 Å². The molecule has 3 aromatic rings. The predicted octanol–water partition coefficient (Wildman–Crippen LogP) is 3.34. The third-order valence-electron chi connectivity index (χ3n) is 4.01. The molecule has 28 heavy (non-hydrogen) atoms. The van der Waals surface area contributed by atoms with E-state index in [0.717, 1.165) is 11.1 Å². The Balaban J connectivity index is 1.58. The van der Waals surface area contributed by atoms with E-state index < -0.39 is 0 Å². The van der Waals surface area contributed by atoms with E-state index in [1.165, 1.54) is 0 Å². The van der Waals surface area contributed by atoms with Gasteiger partial charge in [-0.2, -0.15) is 0 Å². The first-order valence-corrected chi connectivity index (χ1v) is 8.87. The first-order valence-electron chi connectivity index (χ1n) is 8.87. The summed E-state index contributed by atoms with van der Waals surface area (Å²) < 4.78 is 5.48. The molecule has 0 atom stereocenters. The summed E-state index contributed by atoms with van der Waals surface area (Å²) in [4.78, 5) is 28.8. The van der Waals surface area contributed by atoms with Crippen molar-refractivity contribution in [3.8, 4) is 5.75 Å². The van der Waals surface area contributed by atoms with Gasteiger partial charge in [-0.15, -0.1) is 0 Å². The van der Waals surface area contributed by atoms with Crippen LogP contribution in [0, 0.1) is 6.92 Å². The van der Waals surface area contributed by atoms with Gasteiger partial charge < -0.3 is 15.4 Å². The summed E-state index contributed by atoms with van der Waals surface area (Å²) in [6.07, 6.45) is 3.37. The van der Waals surface area contributed by atoms with Crippen molar-refractivity contribution in [1.82, 2.24) is 10.3 Å². The van der Waals surface area contributed by atoms with Gasteiger partial charge in [0, 0.05) is 18.9 Å². The lowest BCUT2D eigenvalue weighted by Gasteiger charge is -2.12. The summed E-state index contributed by atoms with van der Waals surface area (Å²) in [7, 11) is 0. The summed E-state index contributed by atoms with van der Waals surface area (Å²) >= 11 is 0. The molecule has 1 heterocycles. The number of aryl methyl sites for hydroxylation is 1. The number of aromatic nitrogens is 1. The van der Waals surface area contributed by atoms with Crippen LogP contribution in [-0.4, -0.2) is 23.4 Å². The molecule has 0 aliphatic heterocycles. The number of nitrogens with zero attached hydrogens (tertiary/aromatic N) is 1. The number of rotatable bonds is 7. The highest BCUT2D eigenvalue weighted by Gasteiger charge is 2.13. The van der Waals surface area contributed by atoms with Gasteiger partial charge in [0.1, 0.15) is 5.75 Å². The number of benzene rings is 2. The number of hydrogen-bond acceptors (Lipinski definition) is 4. The molecule has 6 nitrogen and oxygen atoms in total. The monoisotopic (exact) mass is 375 g/mol. The Labute approximate surface area is 163 Å². The van der Waals surface area contributed by atoms with Crippen LogP contribution >= 0.6 is 0 Å². The molecule has 2 aromatic carbocycles. The van der Waals surface area contributed by atoms with Crippen molar-refractivity contribution in [2.24, 2.45) is 0 Å². The number of hydrogen-bond donors (Lipinski definition) is 2. The van der Waals surface area contributed by atoms with Gasteiger partial charge in [0.25, 0.3) is 11.8 Å². The number of anilines is 1. The molecule has 2 N–H and O–H groups in total. The van der Waals surface area contributed by atoms with Crippen LogP contribution in [0.25, 0.3) is 0 Å². The topological polar surface area (TPSA) is 80.3 Å². The fourth-order valence-corrected chi connectivity index (χ4v) is 2.54. The lowest BCUT2D eigenvalue weighted by Crippen LogP contribution is -2.26. The highest BCUT2D eigenvalue weighted by molar-refractivity contribution is 6.04. The summed E-state index contributed by atoms with van der Waals surface area (Å²) in [5.74, 6) is -0.00413. The van der Waals surface area contributed by atoms with E-state index in [-0.39, 0.29) is 18.4 Å². The van der Waals surface area contributed by atoms with Crippen LogP contribution in [0.4, 0.5) is 5.69 Å². The lowest BCUT2D eigenvalue weighted by molar-refractivity contribution is -0.118. The van der Waals surface area contributed by atoms with Crippen molar-refractivity contribution < 1.29 is 14.3 Å². The normalized spacial score (nSPS) is 10.2. The lowest BCUT2D eigenvalue weighted by atomic mass is 10.1. The molecular formula is C22H21N3O3. The van der Waals surface area contributed by atoms with E-state index in [4.69, 9.17) is 4.74 Å². The van der Waals surface area contributed by atoms with E-state index in [0.29, 0.717) is 23.5 Å². The molecule has 0 saturated carbocycles. The smallest absolute Gasteiger partial charge is 0.262 e. The highest BCUT2D eigenvalue weighted by atomic mass is 16.5. The molecular weight excluding hydrogens is 354 g/mol. The average molecular weight is 375 g/mol. The fourth-order valence-electron chi connectivity index (χ4n) is 2.54. The van der Waals surface area contributed by atoms with Crippen LogP contribution in [0.2, 0.25) is 0 Å². The average Bonchev–Trinajstić information content (AvgIpc) is 2.73. The van der Waals surface area contributed by atoms with Gasteiger partial charge in [-0.25, -0.2) is 0 Å². The first-order chi connectivity index (χ1) is 13.6. The summed E-state index contributed by atoms with van der Waals surface area (Å²) in [6.45, 7) is 2.19. The SMILES string of the molecule is Cc1ccc(OCC(=O)Nc2ccccc2C(=O)NCc2cccnc2)cc1. The third-order valence-corrected chi connectivity index (χ3v) is 4.01. The van der Waals surface area contributed by atoms with Crippen LogP contribution in [0.1, 0.15) is 21.5 Å². The summed E-state index contributed by atoms with van der Waals surface area (Å²) in [5.41, 5.74) is 2.82. The van der Waals surface area contributed by atoms with E-state index in [1.807, 2.05) is 43.3 Å². The molecule has 0 radical (unpaired) electrons. The maximum atomic E-state index is 12.5. The molecule has 0 fully saturated rings. The Morgan fingerprint density at radius 2 is 1.79 bits per heavy atom. The zero-order valence-corrected chi connectivity index (χ0v) is 15.5. The second-order valence-corrected chi connectivity index (χ2v) is 6.24. The van der Waals surface area contributed by atoms with Crippen molar-refractivity contribution >= 4 is 17.5 Å². The Bertz CT molecular complexity index is 941. The van der Waals surface area contributed by atoms with E-state index in [2.05, 4.69) is 15.6 Å². The second kappa shape index (κ2) is 9.32. The zero-order valence-electron chi connectivity index (χ0n) is 15.5. The molecule has 142 valence electrons. The number of carbonyl (C=O) groups is 2. The maximum Gasteiger partial charge on any atom is 0.262 e. The minimum absolute atomic E-state index is 0.144. The largest absolute Gasteiger partial charge is 0.484 e. The predicted molar refractivity (Wildman–Crippen MR) is 107 cm³/mol. The van der Waals surface area contributed by atoms with Crippen LogP contribution in [0.5, 0.6) is 5.75 Å². The van der Waals surface area contributed by atoms with E-state index in [1.54, 1.807) is 36.7 Å². The van der Waals surface area contributed by atoms with Crippen LogP contribution in [0.15, 0.2) is 73.1 Å². The number of carbonyl (C=O) groups excluding carboxylic acids is 2. The Hall–Kier alpha value is -3.67. The molecule has 2 amide bonds. The molecule has 0 bridgehead atoms. The zero-order chi connectivity index (χ0) is 19.8. The second-order valence-electron chi connectivity index (χ2n) is 6.24. The third kappa shape index (κ3) is 5.41. The quantitative estimate of drug-likeness (QED) is 0.664. The highest BCUT2D eigenvalue weighted by Crippen LogP contribution is 2.16. The number of para-hydroxylation sites is 1. The fraction of sp³-hybridized carbons (Fsp3) is 0.136. The minimum Gasteiger partial charge on any atom is -0.484 e. The Morgan fingerprint density at radius 3 is 2.54 bits per heavy atom. The van der Waals surface area contributed by atoms with Crippen molar-refractivity contribution in [2.45, 2.75) is 13.5 Å². The molecule has 0 aliphatic carbocycles. The van der Waals surface area contributed by atoms with Gasteiger partial charge in [0.15, 0.2) is 6.61 Å². The van der Waals surface area contributed by atoms with Crippen molar-refractivity contribution in [3.05, 3.63) is 89.7 Å². The minimum atomic E-state index is -0.340. The standard InChI is InChI=1S/C22H21N3O3/c1-16-8-10-18(11-9-16)28-15-21(26)25-20-7-3-2-6-19(20)22(27)24-14-17-5-4-12-23-13-17/h2-13H,14-15H2,1H3,(H,24,27)(H,25,26). The van der Waals surface area contributed by atoms with Gasteiger partial charge >= 0.3 is 0 Å². The molecule has 0 spiro atoms. The molecule has 0 unspecified atom stereocenters. The number of nitrogens with one attached hydrogen (secondary N) is 2. The molecule has 3 rings (SSSR count). The Kier molecular flexibility index (Phi) is 6.36. The van der Waals surface area contributed by atoms with Crippen LogP contribution < -0.4 is 15.4 Å². The van der Waals surface area contributed by atoms with Crippen LogP contribution in [-0.2, 0) is 11.3 Å². The van der Waals surface area contributed by atoms with Crippen molar-refractivity contribution in [1.29, 1.82) is 0 Å². The maximum absolute atomic E-state index is 12.5. The van der Waals surface area contributed by atoms with Gasteiger partial charge in [0.05, 0.1) is 11.3 Å². The number of pyridine rings is 1. The van der Waals surface area contributed by atoms with Gasteiger partial charge in [0.2, 0.25) is 0 Å². The number of amides is 2. The first kappa shape index (κ1) is 19.1. The number of ether oxygens (including phenoxy) is 1. The van der Waals surface area contributed by atoms with Gasteiger partial charge in [-0.05, 0) is 42.8 Å². The summed E-state index contributed by atoms with van der Waals surface area (Å²) in [6, 6.07) is 18.0.